The van der Waals surface area contributed by atoms with Gasteiger partial charge in [-0.15, -0.1) is 0 Å². The van der Waals surface area contributed by atoms with Gasteiger partial charge in [0.15, 0.2) is 9.84 Å². The topological polar surface area (TPSA) is 60.4 Å². The van der Waals surface area contributed by atoms with Gasteiger partial charge >= 0.3 is 5.97 Å². The number of hydrogen-bond acceptors (Lipinski definition) is 4. The number of ether oxygens (including phenoxy) is 1. The van der Waals surface area contributed by atoms with E-state index in [1.807, 2.05) is 39.0 Å². The van der Waals surface area contributed by atoms with Crippen LogP contribution in [0.2, 0.25) is 0 Å². The molecule has 226 valence electrons. The van der Waals surface area contributed by atoms with Gasteiger partial charge in [0.25, 0.3) is 0 Å². The number of esters is 1. The molecule has 4 nitrogen and oxygen atoms in total. The number of carbonyl (C=O) groups is 1. The normalized spacial score (nSPS) is 13.1. The Labute approximate surface area is 254 Å². The quantitative estimate of drug-likeness (QED) is 0.166. The van der Waals surface area contributed by atoms with E-state index in [0.29, 0.717) is 12.0 Å². The SMILES string of the molecule is C=C(C(=O)OC)c1cccc(-c2ccc(C(CC)(CC)c3ccc(CCC(C(C)(C)C)S(C)(=O)=O)c(C)c3)cc2C)c1. The molecule has 0 aliphatic heterocycles. The molecule has 0 spiro atoms. The van der Waals surface area contributed by atoms with Crippen LogP contribution in [0, 0.1) is 19.3 Å². The monoisotopic (exact) mass is 588 g/mol. The van der Waals surface area contributed by atoms with Crippen molar-refractivity contribution in [3.05, 3.63) is 101 Å². The van der Waals surface area contributed by atoms with Gasteiger partial charge in [0.2, 0.25) is 0 Å². The molecule has 0 saturated carbocycles. The lowest BCUT2D eigenvalue weighted by molar-refractivity contribution is -0.133. The van der Waals surface area contributed by atoms with Gasteiger partial charge in [-0.25, -0.2) is 13.2 Å². The Morgan fingerprint density at radius 1 is 0.905 bits per heavy atom. The maximum atomic E-state index is 12.5. The molecule has 3 rings (SSSR count). The highest BCUT2D eigenvalue weighted by molar-refractivity contribution is 7.91. The van der Waals surface area contributed by atoms with Crippen molar-refractivity contribution in [2.45, 2.75) is 84.8 Å². The van der Waals surface area contributed by atoms with Gasteiger partial charge in [-0.3, -0.25) is 0 Å². The fraction of sp³-hybridized carbons (Fsp3) is 0.432. The van der Waals surface area contributed by atoms with Gasteiger partial charge in [0.1, 0.15) is 0 Å². The number of methoxy groups -OCH3 is 1. The summed E-state index contributed by atoms with van der Waals surface area (Å²) in [5, 5.41) is -0.379. The highest BCUT2D eigenvalue weighted by atomic mass is 32.2. The molecule has 0 N–H and O–H groups in total. The number of benzene rings is 3. The van der Waals surface area contributed by atoms with Crippen LogP contribution in [0.1, 0.15) is 87.3 Å². The second kappa shape index (κ2) is 13.0. The Morgan fingerprint density at radius 3 is 2.00 bits per heavy atom. The van der Waals surface area contributed by atoms with Crippen LogP contribution >= 0.6 is 0 Å². The van der Waals surface area contributed by atoms with Crippen molar-refractivity contribution in [3.8, 4) is 11.1 Å². The molecule has 0 aliphatic carbocycles. The minimum Gasteiger partial charge on any atom is -0.465 e. The van der Waals surface area contributed by atoms with E-state index in [1.165, 1.54) is 41.2 Å². The van der Waals surface area contributed by atoms with Gasteiger partial charge in [0.05, 0.1) is 17.9 Å². The predicted molar refractivity (Wildman–Crippen MR) is 177 cm³/mol. The van der Waals surface area contributed by atoms with Crippen LogP contribution in [-0.4, -0.2) is 33.0 Å². The molecule has 0 fully saturated rings. The Kier molecular flexibility index (Phi) is 10.3. The van der Waals surface area contributed by atoms with E-state index in [-0.39, 0.29) is 16.1 Å². The number of carbonyl (C=O) groups excluding carboxylic acids is 1. The van der Waals surface area contributed by atoms with Crippen molar-refractivity contribution >= 4 is 21.4 Å². The van der Waals surface area contributed by atoms with Crippen LogP contribution < -0.4 is 0 Å². The zero-order valence-electron chi connectivity index (χ0n) is 26.9. The first kappa shape index (κ1) is 33.3. The molecule has 0 aliphatic rings. The number of sulfone groups is 1. The molecular formula is C37H48O4S. The molecule has 0 heterocycles. The standard InChI is InChI=1S/C37H48O4S/c1-11-37(12-2,31-18-16-28(25(3)22-31)17-21-34(36(6,7)8)42(10,39)40)32-19-20-33(26(4)23-32)30-15-13-14-29(24-30)27(5)35(38)41-9/h13-16,18-20,22-24,34H,5,11-12,17,21H2,1-4,6-10H3. The van der Waals surface area contributed by atoms with Gasteiger partial charge < -0.3 is 4.74 Å². The van der Waals surface area contributed by atoms with E-state index in [2.05, 4.69) is 76.7 Å². The summed E-state index contributed by atoms with van der Waals surface area (Å²) in [5.74, 6) is -0.430. The van der Waals surface area contributed by atoms with Crippen molar-refractivity contribution in [2.75, 3.05) is 13.4 Å². The lowest BCUT2D eigenvalue weighted by Gasteiger charge is -2.34. The maximum absolute atomic E-state index is 12.5. The van der Waals surface area contributed by atoms with E-state index in [9.17, 15) is 13.2 Å². The maximum Gasteiger partial charge on any atom is 0.337 e. The first-order valence-electron chi connectivity index (χ1n) is 14.9. The third-order valence-electron chi connectivity index (χ3n) is 8.99. The van der Waals surface area contributed by atoms with Crippen LogP contribution in [0.3, 0.4) is 0 Å². The molecule has 3 aromatic carbocycles. The molecule has 0 radical (unpaired) electrons. The summed E-state index contributed by atoms with van der Waals surface area (Å²) < 4.78 is 29.9. The average Bonchev–Trinajstić information content (AvgIpc) is 2.93. The Hall–Kier alpha value is -3.18. The fourth-order valence-electron chi connectivity index (χ4n) is 6.48. The second-order valence-corrected chi connectivity index (χ2v) is 15.0. The summed E-state index contributed by atoms with van der Waals surface area (Å²) in [6.45, 7) is 18.7. The van der Waals surface area contributed by atoms with Crippen molar-refractivity contribution in [1.29, 1.82) is 0 Å². The van der Waals surface area contributed by atoms with Gasteiger partial charge in [0, 0.05) is 11.7 Å². The van der Waals surface area contributed by atoms with Crippen molar-refractivity contribution < 1.29 is 17.9 Å². The summed E-state index contributed by atoms with van der Waals surface area (Å²) in [6, 6.07) is 21.3. The molecule has 0 saturated heterocycles. The van der Waals surface area contributed by atoms with E-state index in [4.69, 9.17) is 4.74 Å². The zero-order chi connectivity index (χ0) is 31.5. The highest BCUT2D eigenvalue weighted by Gasteiger charge is 2.34. The molecular weight excluding hydrogens is 540 g/mol. The summed E-state index contributed by atoms with van der Waals surface area (Å²) in [7, 11) is -1.78. The van der Waals surface area contributed by atoms with Gasteiger partial charge in [-0.2, -0.15) is 0 Å². The molecule has 42 heavy (non-hydrogen) atoms. The number of aryl methyl sites for hydroxylation is 3. The average molecular weight is 589 g/mol. The lowest BCUT2D eigenvalue weighted by atomic mass is 9.69. The molecule has 1 unspecified atom stereocenters. The first-order chi connectivity index (χ1) is 19.6. The molecule has 0 amide bonds. The summed E-state index contributed by atoms with van der Waals surface area (Å²) in [5.41, 5.74) is 8.93. The second-order valence-electron chi connectivity index (χ2n) is 12.7. The summed E-state index contributed by atoms with van der Waals surface area (Å²) in [6.07, 6.45) is 4.62. The molecule has 3 aromatic rings. The van der Waals surface area contributed by atoms with Gasteiger partial charge in [-0.05, 0) is 95.5 Å². The Bertz CT molecular complexity index is 1550. The highest BCUT2D eigenvalue weighted by Crippen LogP contribution is 2.41. The van der Waals surface area contributed by atoms with Crippen molar-refractivity contribution in [2.24, 2.45) is 5.41 Å². The number of rotatable bonds is 11. The smallest absolute Gasteiger partial charge is 0.337 e. The zero-order valence-corrected chi connectivity index (χ0v) is 27.7. The van der Waals surface area contributed by atoms with Crippen LogP contribution in [0.15, 0.2) is 67.2 Å². The molecule has 0 aromatic heterocycles. The van der Waals surface area contributed by atoms with Crippen LogP contribution in [0.5, 0.6) is 0 Å². The predicted octanol–water partition coefficient (Wildman–Crippen LogP) is 8.65. The van der Waals surface area contributed by atoms with Crippen molar-refractivity contribution in [1.82, 2.24) is 0 Å². The lowest BCUT2D eigenvalue weighted by Crippen LogP contribution is -2.34. The largest absolute Gasteiger partial charge is 0.465 e. The Balaban J connectivity index is 1.96. The van der Waals surface area contributed by atoms with E-state index in [0.717, 1.165) is 36.0 Å². The van der Waals surface area contributed by atoms with Crippen LogP contribution in [-0.2, 0) is 31.2 Å². The molecule has 0 bridgehead atoms. The minimum atomic E-state index is -3.15. The van der Waals surface area contributed by atoms with Gasteiger partial charge in [-0.1, -0.05) is 95.8 Å². The Morgan fingerprint density at radius 2 is 1.50 bits per heavy atom. The summed E-state index contributed by atoms with van der Waals surface area (Å²) in [4.78, 5) is 12.0. The third-order valence-corrected chi connectivity index (χ3v) is 11.0. The van der Waals surface area contributed by atoms with E-state index < -0.39 is 15.8 Å². The van der Waals surface area contributed by atoms with Crippen LogP contribution in [0.25, 0.3) is 16.7 Å². The fourth-order valence-corrected chi connectivity index (χ4v) is 8.31. The minimum absolute atomic E-state index is 0.145. The first-order valence-corrected chi connectivity index (χ1v) is 16.8. The summed E-state index contributed by atoms with van der Waals surface area (Å²) >= 11 is 0. The third kappa shape index (κ3) is 7.06. The molecule has 1 atom stereocenters. The number of hydrogen-bond donors (Lipinski definition) is 0. The van der Waals surface area contributed by atoms with Crippen LogP contribution in [0.4, 0.5) is 0 Å². The van der Waals surface area contributed by atoms with E-state index >= 15 is 0 Å². The molecule has 5 heteroatoms. The van der Waals surface area contributed by atoms with E-state index in [1.54, 1.807) is 0 Å². The van der Waals surface area contributed by atoms with Crippen molar-refractivity contribution in [3.63, 3.8) is 0 Å².